The second-order valence-electron chi connectivity index (χ2n) is 13.9. The number of aromatic nitrogens is 1. The normalized spacial score (nSPS) is 15.4. The molecule has 2 atom stereocenters. The summed E-state index contributed by atoms with van der Waals surface area (Å²) in [6, 6.07) is 2.36. The van der Waals surface area contributed by atoms with Crippen molar-refractivity contribution in [3.63, 3.8) is 0 Å². The average Bonchev–Trinajstić information content (AvgIpc) is 3.31. The van der Waals surface area contributed by atoms with Crippen molar-refractivity contribution in [1.29, 1.82) is 0 Å². The molecule has 242 valence electrons. The van der Waals surface area contributed by atoms with Gasteiger partial charge in [0.25, 0.3) is 0 Å². The van der Waals surface area contributed by atoms with Gasteiger partial charge >= 0.3 is 18.4 Å². The first kappa shape index (κ1) is 37.0. The lowest BCUT2D eigenvalue weighted by Crippen LogP contribution is -2.64. The van der Waals surface area contributed by atoms with Gasteiger partial charge in [-0.15, -0.1) is 11.3 Å². The number of alkyl carbamates (subject to hydrolysis) is 1. The fourth-order valence-electron chi connectivity index (χ4n) is 4.13. The molecule has 0 aliphatic carbocycles. The predicted octanol–water partition coefficient (Wildman–Crippen LogP) is 8.86. The average molecular weight is 711 g/mol. The van der Waals surface area contributed by atoms with Crippen molar-refractivity contribution in [2.45, 2.75) is 109 Å². The van der Waals surface area contributed by atoms with Crippen molar-refractivity contribution < 1.29 is 37.0 Å². The van der Waals surface area contributed by atoms with Gasteiger partial charge in [0.05, 0.1) is 11.6 Å². The molecular weight excluding hydrogens is 667 g/mol. The second kappa shape index (κ2) is 12.7. The molecule has 0 aliphatic rings. The molecule has 0 spiro atoms. The van der Waals surface area contributed by atoms with Gasteiger partial charge in [0.1, 0.15) is 10.6 Å². The minimum absolute atomic E-state index is 0.237. The molecule has 2 rings (SSSR count). The number of halogens is 4. The molecule has 0 aliphatic heterocycles. The summed E-state index contributed by atoms with van der Waals surface area (Å²) in [5.41, 5.74) is -4.18. The van der Waals surface area contributed by atoms with Crippen molar-refractivity contribution >= 4 is 47.8 Å². The number of nitrogens with one attached hydrogen (secondary N) is 1. The smallest absolute Gasteiger partial charge is 0.417 e. The van der Waals surface area contributed by atoms with Crippen molar-refractivity contribution in [3.05, 3.63) is 50.4 Å². The molecule has 2 N–H and O–H groups in total. The van der Waals surface area contributed by atoms with Crippen LogP contribution in [0.2, 0.25) is 18.1 Å². The van der Waals surface area contributed by atoms with Crippen LogP contribution in [0.5, 0.6) is 0 Å². The van der Waals surface area contributed by atoms with E-state index < -0.39 is 60.1 Å². The molecule has 1 heterocycles. The molecule has 0 bridgehead atoms. The quantitative estimate of drug-likeness (QED) is 0.266. The van der Waals surface area contributed by atoms with Gasteiger partial charge in [0.15, 0.2) is 13.9 Å². The van der Waals surface area contributed by atoms with E-state index in [1.807, 2.05) is 33.9 Å². The van der Waals surface area contributed by atoms with Gasteiger partial charge < -0.3 is 24.5 Å². The minimum Gasteiger partial charge on any atom is -0.465 e. The summed E-state index contributed by atoms with van der Waals surface area (Å²) in [7, 11) is -2.86. The van der Waals surface area contributed by atoms with E-state index in [1.54, 1.807) is 46.9 Å². The second-order valence-corrected chi connectivity index (χ2v) is 20.4. The molecule has 0 radical (unpaired) electrons. The monoisotopic (exact) mass is 709 g/mol. The van der Waals surface area contributed by atoms with Gasteiger partial charge in [-0.25, -0.2) is 14.6 Å². The zero-order valence-corrected chi connectivity index (χ0v) is 30.0. The molecule has 1 aromatic heterocycles. The summed E-state index contributed by atoms with van der Waals surface area (Å²) in [6.07, 6.45) is -5.20. The van der Waals surface area contributed by atoms with Gasteiger partial charge in [0, 0.05) is 28.1 Å². The molecule has 14 heteroatoms. The van der Waals surface area contributed by atoms with Crippen LogP contribution in [0.3, 0.4) is 0 Å². The lowest BCUT2D eigenvalue weighted by atomic mass is 9.85. The van der Waals surface area contributed by atoms with Crippen molar-refractivity contribution in [1.82, 2.24) is 15.2 Å². The van der Waals surface area contributed by atoms with Crippen molar-refractivity contribution in [2.75, 3.05) is 6.54 Å². The highest BCUT2D eigenvalue weighted by atomic mass is 79.9. The Kier molecular flexibility index (Phi) is 10.9. The van der Waals surface area contributed by atoms with E-state index in [0.29, 0.717) is 5.01 Å². The van der Waals surface area contributed by atoms with Crippen LogP contribution in [-0.4, -0.2) is 59.2 Å². The lowest BCUT2D eigenvalue weighted by molar-refractivity contribution is -0.138. The van der Waals surface area contributed by atoms with Gasteiger partial charge in [-0.1, -0.05) is 42.8 Å². The number of hydrogen-bond donors (Lipinski definition) is 2. The van der Waals surface area contributed by atoms with E-state index in [-0.39, 0.29) is 16.6 Å². The largest absolute Gasteiger partial charge is 0.465 e. The summed E-state index contributed by atoms with van der Waals surface area (Å²) >= 11 is 4.30. The molecule has 43 heavy (non-hydrogen) atoms. The number of thiazole rings is 1. The maximum Gasteiger partial charge on any atom is 0.417 e. The number of nitrogens with zero attached hydrogens (tertiary/aromatic N) is 2. The Labute approximate surface area is 265 Å². The summed E-state index contributed by atoms with van der Waals surface area (Å²) in [5, 5.41) is 14.8. The molecule has 1 aromatic carbocycles. The number of carbonyl (C=O) groups is 2. The zero-order chi connectivity index (χ0) is 33.4. The Morgan fingerprint density at radius 3 is 2.07 bits per heavy atom. The summed E-state index contributed by atoms with van der Waals surface area (Å²) in [5.74, 6) is 0. The standard InChI is InChI=1S/C29H43BrF3N3O5SSi/c1-25(2,3)36(24(38)39)17-21(35-23(37)40-26(4,5)6)28(22-34-14-15-42-22,41-43(10,11)27(7,8)9)18-12-13-19(20(30)16-18)29(31,32)33/h12-16,21H,17H2,1-11H3,(H,35,37)(H,38,39)/t21-,28+/m1/s1. The van der Waals surface area contributed by atoms with E-state index in [4.69, 9.17) is 9.16 Å². The van der Waals surface area contributed by atoms with E-state index in [1.165, 1.54) is 29.7 Å². The number of amides is 2. The third-order valence-electron chi connectivity index (χ3n) is 7.26. The van der Waals surface area contributed by atoms with Crippen LogP contribution in [0.4, 0.5) is 22.8 Å². The maximum atomic E-state index is 13.8. The number of benzene rings is 1. The predicted molar refractivity (Wildman–Crippen MR) is 168 cm³/mol. The van der Waals surface area contributed by atoms with Gasteiger partial charge in [-0.2, -0.15) is 13.2 Å². The van der Waals surface area contributed by atoms with Crippen LogP contribution in [0.25, 0.3) is 0 Å². The highest BCUT2D eigenvalue weighted by Gasteiger charge is 2.54. The highest BCUT2D eigenvalue weighted by Crippen LogP contribution is 2.48. The zero-order valence-electron chi connectivity index (χ0n) is 26.6. The molecule has 2 aromatic rings. The first-order valence-corrected chi connectivity index (χ1v) is 18.3. The Bertz CT molecular complexity index is 1290. The molecule has 8 nitrogen and oxygen atoms in total. The van der Waals surface area contributed by atoms with Crippen LogP contribution >= 0.6 is 27.3 Å². The van der Waals surface area contributed by atoms with Gasteiger partial charge in [-0.05, 0) is 77.4 Å². The number of carbonyl (C=O) groups excluding carboxylic acids is 1. The van der Waals surface area contributed by atoms with Crippen LogP contribution in [0.15, 0.2) is 34.2 Å². The number of alkyl halides is 3. The van der Waals surface area contributed by atoms with E-state index in [9.17, 15) is 27.9 Å². The SMILES string of the molecule is CC(C)(C)OC(=O)N[C@H](CN(C(=O)O)C(C)(C)C)[C@@](O[Si](C)(C)C(C)(C)C)(c1ccc(C(F)(F)F)c(Br)c1)c1nccs1. The summed E-state index contributed by atoms with van der Waals surface area (Å²) in [6.45, 7) is 19.8. The topological polar surface area (TPSA) is 101 Å². The number of hydrogen-bond acceptors (Lipinski definition) is 6. The van der Waals surface area contributed by atoms with Crippen LogP contribution in [0.1, 0.15) is 78.4 Å². The highest BCUT2D eigenvalue weighted by molar-refractivity contribution is 9.10. The first-order chi connectivity index (χ1) is 19.2. The van der Waals surface area contributed by atoms with E-state index in [2.05, 4.69) is 26.2 Å². The summed E-state index contributed by atoms with van der Waals surface area (Å²) < 4.78 is 54.1. The fourth-order valence-corrected chi connectivity index (χ4v) is 7.13. The van der Waals surface area contributed by atoms with Crippen LogP contribution in [0, 0.1) is 0 Å². The maximum absolute atomic E-state index is 13.8. The third-order valence-corrected chi connectivity index (χ3v) is 13.3. The molecular formula is C29H43BrF3N3O5SSi. The summed E-state index contributed by atoms with van der Waals surface area (Å²) in [4.78, 5) is 31.7. The molecule has 0 unspecified atom stereocenters. The Balaban J connectivity index is 3.07. The Hall–Kier alpha value is -2.16. The molecule has 2 amide bonds. The van der Waals surface area contributed by atoms with Crippen LogP contribution < -0.4 is 5.32 Å². The molecule has 0 fully saturated rings. The van der Waals surface area contributed by atoms with Crippen molar-refractivity contribution in [2.24, 2.45) is 0 Å². The third kappa shape index (κ3) is 8.95. The van der Waals surface area contributed by atoms with E-state index >= 15 is 0 Å². The number of ether oxygens (including phenoxy) is 1. The fraction of sp³-hybridized carbons (Fsp3) is 0.621. The Morgan fingerprint density at radius 2 is 1.67 bits per heavy atom. The number of carboxylic acid groups (broad SMARTS) is 1. The van der Waals surface area contributed by atoms with Gasteiger partial charge in [-0.3, -0.25) is 0 Å². The number of rotatable bonds is 8. The lowest BCUT2D eigenvalue weighted by Gasteiger charge is -2.50. The van der Waals surface area contributed by atoms with E-state index in [0.717, 1.165) is 11.0 Å². The first-order valence-electron chi connectivity index (χ1n) is 13.7. The van der Waals surface area contributed by atoms with Crippen LogP contribution in [-0.2, 0) is 20.9 Å². The van der Waals surface area contributed by atoms with Gasteiger partial charge in [0.2, 0.25) is 0 Å². The van der Waals surface area contributed by atoms with Crippen molar-refractivity contribution in [3.8, 4) is 0 Å². The Morgan fingerprint density at radius 1 is 1.09 bits per heavy atom. The molecule has 0 saturated carbocycles. The minimum atomic E-state index is -4.64. The molecule has 0 saturated heterocycles.